The monoisotopic (exact) mass is 183 g/mol. The molecule has 0 N–H and O–H groups in total. The molecule has 72 valence electrons. The molecule has 0 aromatic carbocycles. The van der Waals surface area contributed by atoms with Crippen LogP contribution in [0.5, 0.6) is 0 Å². The lowest BCUT2D eigenvalue weighted by Crippen LogP contribution is -2.10. The largest absolute Gasteiger partial charge is 0.445 e. The smallest absolute Gasteiger partial charge is 0.373 e. The first-order valence-corrected chi connectivity index (χ1v) is 3.84. The fourth-order valence-electron chi connectivity index (χ4n) is 0.701. The Kier molecular flexibility index (Phi) is 4.08. The minimum Gasteiger partial charge on any atom is -0.445 e. The molecule has 0 fully saturated rings. The van der Waals surface area contributed by atoms with Crippen molar-refractivity contribution in [1.82, 2.24) is 4.98 Å². The average Bonchev–Trinajstić information content (AvgIpc) is 2.35. The molecule has 13 heavy (non-hydrogen) atoms. The molecule has 0 unspecified atom stereocenters. The molecular weight excluding hydrogens is 170 g/mol. The first kappa shape index (κ1) is 11.6. The third-order valence-corrected chi connectivity index (χ3v) is 1.26. The Bertz CT molecular complexity index is 290. The van der Waals surface area contributed by atoms with Crippen molar-refractivity contribution in [2.75, 3.05) is 0 Å². The second-order valence-corrected chi connectivity index (χ2v) is 3.61. The van der Waals surface area contributed by atoms with Crippen LogP contribution in [0.25, 0.3) is 0 Å². The normalized spacial score (nSPS) is 9.85. The highest BCUT2D eigenvalue weighted by Gasteiger charge is 2.18. The van der Waals surface area contributed by atoms with Gasteiger partial charge in [-0.25, -0.2) is 4.98 Å². The molecule has 0 aliphatic rings. The van der Waals surface area contributed by atoms with Gasteiger partial charge in [-0.15, -0.1) is 0 Å². The fourth-order valence-corrected chi connectivity index (χ4v) is 0.701. The second kappa shape index (κ2) is 4.58. The van der Waals surface area contributed by atoms with Gasteiger partial charge in [-0.1, -0.05) is 20.8 Å². The summed E-state index contributed by atoms with van der Waals surface area (Å²) in [6, 6.07) is 0. The number of rotatable bonds is 0. The first-order chi connectivity index (χ1) is 5.91. The Labute approximate surface area is 77.0 Å². The molecule has 1 aromatic heterocycles. The zero-order valence-corrected chi connectivity index (χ0v) is 8.25. The van der Waals surface area contributed by atoms with Gasteiger partial charge in [0.2, 0.25) is 0 Å². The maximum absolute atomic E-state index is 8.12. The van der Waals surface area contributed by atoms with E-state index in [1.807, 2.05) is 6.92 Å². The van der Waals surface area contributed by atoms with Gasteiger partial charge in [-0.2, -0.15) is 9.59 Å². The summed E-state index contributed by atoms with van der Waals surface area (Å²) in [5.41, 5.74) is 0.0360. The van der Waals surface area contributed by atoms with Crippen LogP contribution in [0.1, 0.15) is 32.4 Å². The van der Waals surface area contributed by atoms with Crippen LogP contribution < -0.4 is 0 Å². The van der Waals surface area contributed by atoms with E-state index in [2.05, 4.69) is 25.8 Å². The van der Waals surface area contributed by atoms with Gasteiger partial charge in [-0.3, -0.25) is 0 Å². The number of nitrogens with zero attached hydrogens (tertiary/aromatic N) is 1. The van der Waals surface area contributed by atoms with Crippen molar-refractivity contribution in [2.45, 2.75) is 33.1 Å². The van der Waals surface area contributed by atoms with Gasteiger partial charge in [0.1, 0.15) is 5.76 Å². The lowest BCUT2D eigenvalue weighted by molar-refractivity contribution is -0.191. The van der Waals surface area contributed by atoms with E-state index in [0.717, 1.165) is 11.7 Å². The van der Waals surface area contributed by atoms with Crippen LogP contribution in [0, 0.1) is 6.92 Å². The quantitative estimate of drug-likeness (QED) is 0.614. The summed E-state index contributed by atoms with van der Waals surface area (Å²) < 4.78 is 5.34. The Hall–Kier alpha value is -1.41. The van der Waals surface area contributed by atoms with Crippen LogP contribution in [0.4, 0.5) is 0 Å². The molecular formula is C9H13NO3. The number of hydrogen-bond donors (Lipinski definition) is 0. The summed E-state index contributed by atoms with van der Waals surface area (Å²) in [5.74, 6) is 1.69. The minimum absolute atomic E-state index is 0.0360. The Balaban J connectivity index is 0.000000424. The van der Waals surface area contributed by atoms with Crippen molar-refractivity contribution in [1.29, 1.82) is 0 Å². The first-order valence-electron chi connectivity index (χ1n) is 3.84. The van der Waals surface area contributed by atoms with Gasteiger partial charge >= 0.3 is 6.15 Å². The van der Waals surface area contributed by atoms with E-state index in [1.165, 1.54) is 0 Å². The van der Waals surface area contributed by atoms with Crippen LogP contribution >= 0.6 is 0 Å². The molecule has 0 aliphatic carbocycles. The lowest BCUT2D eigenvalue weighted by Gasteiger charge is -2.11. The highest BCUT2D eigenvalue weighted by atomic mass is 16.4. The standard InChI is InChI=1S/C8H13NO.CO2/c1-6-5-9-7(10-6)8(2,3)4;2-1-3/h5H,1-4H3;. The van der Waals surface area contributed by atoms with Crippen LogP contribution in [0.2, 0.25) is 0 Å². The lowest BCUT2D eigenvalue weighted by atomic mass is 9.97. The summed E-state index contributed by atoms with van der Waals surface area (Å²) in [6.07, 6.45) is 2.00. The Morgan fingerprint density at radius 3 is 2.00 bits per heavy atom. The molecule has 1 aromatic rings. The molecule has 0 spiro atoms. The maximum atomic E-state index is 8.12. The third-order valence-electron chi connectivity index (χ3n) is 1.26. The molecule has 4 heteroatoms. The molecule has 0 radical (unpaired) electrons. The predicted octanol–water partition coefficient (Wildman–Crippen LogP) is 1.70. The van der Waals surface area contributed by atoms with Gasteiger partial charge in [-0.05, 0) is 6.92 Å². The molecule has 0 amide bonds. The molecule has 0 saturated heterocycles. The highest BCUT2D eigenvalue weighted by molar-refractivity contribution is 5.20. The molecule has 0 aliphatic heterocycles. The molecule has 4 nitrogen and oxygen atoms in total. The van der Waals surface area contributed by atoms with Crippen molar-refractivity contribution < 1.29 is 14.0 Å². The summed E-state index contributed by atoms with van der Waals surface area (Å²) in [7, 11) is 0. The van der Waals surface area contributed by atoms with E-state index < -0.39 is 0 Å². The topological polar surface area (TPSA) is 60.2 Å². The van der Waals surface area contributed by atoms with Crippen LogP contribution in [-0.4, -0.2) is 11.1 Å². The van der Waals surface area contributed by atoms with Gasteiger partial charge < -0.3 is 4.42 Å². The SMILES string of the molecule is Cc1cnc(C(C)(C)C)o1.O=C=O. The zero-order valence-electron chi connectivity index (χ0n) is 8.25. The summed E-state index contributed by atoms with van der Waals surface area (Å²) in [5, 5.41) is 0. The zero-order chi connectivity index (χ0) is 10.5. The number of aromatic nitrogens is 1. The summed E-state index contributed by atoms with van der Waals surface area (Å²) in [4.78, 5) is 20.4. The maximum Gasteiger partial charge on any atom is 0.373 e. The van der Waals surface area contributed by atoms with Crippen molar-refractivity contribution in [3.05, 3.63) is 17.8 Å². The second-order valence-electron chi connectivity index (χ2n) is 3.61. The third kappa shape index (κ3) is 4.23. The van der Waals surface area contributed by atoms with Gasteiger partial charge in [0, 0.05) is 5.41 Å². The van der Waals surface area contributed by atoms with E-state index >= 15 is 0 Å². The number of carbonyl (C=O) groups excluding carboxylic acids is 2. The summed E-state index contributed by atoms with van der Waals surface area (Å²) in [6.45, 7) is 8.15. The van der Waals surface area contributed by atoms with E-state index in [1.54, 1.807) is 6.20 Å². The summed E-state index contributed by atoms with van der Waals surface area (Å²) >= 11 is 0. The van der Waals surface area contributed by atoms with Crippen molar-refractivity contribution in [3.8, 4) is 0 Å². The van der Waals surface area contributed by atoms with Crippen molar-refractivity contribution in [2.24, 2.45) is 0 Å². The Morgan fingerprint density at radius 1 is 1.38 bits per heavy atom. The van der Waals surface area contributed by atoms with Gasteiger partial charge in [0.05, 0.1) is 6.20 Å². The number of hydrogen-bond acceptors (Lipinski definition) is 4. The number of aryl methyl sites for hydroxylation is 1. The molecule has 0 atom stereocenters. The van der Waals surface area contributed by atoms with E-state index in [-0.39, 0.29) is 11.6 Å². The van der Waals surface area contributed by atoms with Crippen LogP contribution in [-0.2, 0) is 15.0 Å². The van der Waals surface area contributed by atoms with E-state index in [4.69, 9.17) is 14.0 Å². The van der Waals surface area contributed by atoms with Crippen molar-refractivity contribution >= 4 is 6.15 Å². The molecule has 1 heterocycles. The minimum atomic E-state index is 0.0360. The molecule has 0 bridgehead atoms. The number of oxazole rings is 1. The van der Waals surface area contributed by atoms with Gasteiger partial charge in [0.25, 0.3) is 0 Å². The highest BCUT2D eigenvalue weighted by Crippen LogP contribution is 2.20. The van der Waals surface area contributed by atoms with E-state index in [0.29, 0.717) is 0 Å². The average molecular weight is 183 g/mol. The predicted molar refractivity (Wildman–Crippen MR) is 44.9 cm³/mol. The Morgan fingerprint density at radius 2 is 1.85 bits per heavy atom. The van der Waals surface area contributed by atoms with Gasteiger partial charge in [0.15, 0.2) is 5.89 Å². The molecule has 1 rings (SSSR count). The fraction of sp³-hybridized carbons (Fsp3) is 0.556. The van der Waals surface area contributed by atoms with Crippen LogP contribution in [0.3, 0.4) is 0 Å². The van der Waals surface area contributed by atoms with Crippen molar-refractivity contribution in [3.63, 3.8) is 0 Å². The van der Waals surface area contributed by atoms with E-state index in [9.17, 15) is 0 Å². The molecule has 0 saturated carbocycles. The van der Waals surface area contributed by atoms with Crippen LogP contribution in [0.15, 0.2) is 10.6 Å².